The molecule has 38 heavy (non-hydrogen) atoms. The summed E-state index contributed by atoms with van der Waals surface area (Å²) in [5.41, 5.74) is 3.70. The van der Waals surface area contributed by atoms with E-state index in [1.165, 1.54) is 0 Å². The van der Waals surface area contributed by atoms with E-state index in [9.17, 15) is 4.79 Å². The number of piperidine rings is 2. The number of aromatic nitrogens is 1. The molecule has 0 spiro atoms. The highest BCUT2D eigenvalue weighted by Gasteiger charge is 2.39. The van der Waals surface area contributed by atoms with Crippen LogP contribution in [0, 0.1) is 5.92 Å². The number of likely N-dealkylation sites (tertiary alicyclic amines) is 2. The molecule has 6 nitrogen and oxygen atoms in total. The normalized spacial score (nSPS) is 19.1. The molecule has 5 rings (SSSR count). The first-order valence-corrected chi connectivity index (χ1v) is 14.6. The minimum Gasteiger partial charge on any atom is -0.396 e. The number of carbonyl (C=O) groups excluding carboxylic acids is 1. The minimum absolute atomic E-state index is 0.0701. The Kier molecular flexibility index (Phi) is 8.36. The number of nitrogens with zero attached hydrogens (tertiary/aromatic N) is 4. The molecule has 2 aliphatic rings. The zero-order chi connectivity index (χ0) is 26.7. The predicted octanol–water partition coefficient (Wildman–Crippen LogP) is 6.80. The predicted molar refractivity (Wildman–Crippen MR) is 157 cm³/mol. The van der Waals surface area contributed by atoms with E-state index in [0.717, 1.165) is 78.5 Å². The lowest BCUT2D eigenvalue weighted by atomic mass is 9.82. The highest BCUT2D eigenvalue weighted by molar-refractivity contribution is 9.10. The number of fused-ring (bicyclic) bond motifs is 1. The average molecular weight is 598 g/mol. The van der Waals surface area contributed by atoms with Gasteiger partial charge in [-0.1, -0.05) is 50.9 Å². The Hall–Kier alpha value is -2.48. The van der Waals surface area contributed by atoms with Gasteiger partial charge in [-0.3, -0.25) is 14.7 Å². The maximum Gasteiger partial charge on any atom is 0.253 e. The molecule has 2 fully saturated rings. The highest BCUT2D eigenvalue weighted by atomic mass is 79.9. The standard InChI is InChI=1S/C30H34BrClN4O2/c1-3-38-34-28(21-4-7-24(31)8-5-21)22-11-16-36(17-12-22)30(2)13-18-35(19-14-30)29(37)23-6-9-25-26(32)10-15-33-27(25)20-23/h4-10,15,20,22H,3,11-14,16-19H2,1-2H3/b34-28+. The molecule has 2 aliphatic heterocycles. The van der Waals surface area contributed by atoms with Crippen LogP contribution in [-0.4, -0.2) is 64.7 Å². The van der Waals surface area contributed by atoms with Crippen molar-refractivity contribution < 1.29 is 9.63 Å². The fourth-order valence-electron chi connectivity index (χ4n) is 5.75. The fraction of sp³-hybridized carbons (Fsp3) is 0.433. The summed E-state index contributed by atoms with van der Waals surface area (Å²) in [6.07, 6.45) is 5.71. The van der Waals surface area contributed by atoms with Crippen molar-refractivity contribution >= 4 is 50.1 Å². The molecule has 2 saturated heterocycles. The number of oxime groups is 1. The summed E-state index contributed by atoms with van der Waals surface area (Å²) in [6.45, 7) is 8.45. The van der Waals surface area contributed by atoms with Crippen molar-refractivity contribution in [1.29, 1.82) is 0 Å². The van der Waals surface area contributed by atoms with Crippen molar-refractivity contribution in [3.63, 3.8) is 0 Å². The van der Waals surface area contributed by atoms with Crippen LogP contribution in [0.25, 0.3) is 10.9 Å². The number of amides is 1. The lowest BCUT2D eigenvalue weighted by Crippen LogP contribution is -2.56. The van der Waals surface area contributed by atoms with Crippen LogP contribution in [0.4, 0.5) is 0 Å². The topological polar surface area (TPSA) is 58.0 Å². The van der Waals surface area contributed by atoms with Crippen LogP contribution < -0.4 is 0 Å². The molecule has 0 aliphatic carbocycles. The van der Waals surface area contributed by atoms with Gasteiger partial charge in [-0.25, -0.2) is 0 Å². The molecule has 3 aromatic rings. The third kappa shape index (κ3) is 5.75. The van der Waals surface area contributed by atoms with Gasteiger partial charge in [0.05, 0.1) is 16.3 Å². The first kappa shape index (κ1) is 27.1. The molecule has 2 aromatic carbocycles. The molecule has 0 N–H and O–H groups in total. The monoisotopic (exact) mass is 596 g/mol. The van der Waals surface area contributed by atoms with Crippen molar-refractivity contribution in [2.45, 2.75) is 45.1 Å². The van der Waals surface area contributed by atoms with Crippen LogP contribution in [0.5, 0.6) is 0 Å². The Morgan fingerprint density at radius 2 is 1.76 bits per heavy atom. The largest absolute Gasteiger partial charge is 0.396 e. The molecule has 1 amide bonds. The second-order valence-electron chi connectivity index (χ2n) is 10.5. The van der Waals surface area contributed by atoms with Crippen LogP contribution in [0.2, 0.25) is 5.02 Å². The van der Waals surface area contributed by atoms with Crippen molar-refractivity contribution in [2.75, 3.05) is 32.8 Å². The molecule has 0 unspecified atom stereocenters. The molecule has 0 bridgehead atoms. The van der Waals surface area contributed by atoms with Crippen molar-refractivity contribution in [2.24, 2.45) is 11.1 Å². The Morgan fingerprint density at radius 3 is 2.45 bits per heavy atom. The number of halogens is 2. The van der Waals surface area contributed by atoms with Crippen LogP contribution >= 0.6 is 27.5 Å². The Morgan fingerprint density at radius 1 is 1.08 bits per heavy atom. The Bertz CT molecular complexity index is 1310. The molecule has 3 heterocycles. The van der Waals surface area contributed by atoms with Gasteiger partial charge in [-0.05, 0) is 88.5 Å². The third-order valence-corrected chi connectivity index (χ3v) is 9.00. The van der Waals surface area contributed by atoms with Gasteiger partial charge in [-0.2, -0.15) is 0 Å². The zero-order valence-electron chi connectivity index (χ0n) is 22.0. The first-order valence-electron chi connectivity index (χ1n) is 13.4. The van der Waals surface area contributed by atoms with Gasteiger partial charge in [0.1, 0.15) is 6.61 Å². The number of hydrogen-bond donors (Lipinski definition) is 0. The third-order valence-electron chi connectivity index (χ3n) is 8.14. The molecular weight excluding hydrogens is 564 g/mol. The second-order valence-corrected chi connectivity index (χ2v) is 11.8. The summed E-state index contributed by atoms with van der Waals surface area (Å²) < 4.78 is 1.06. The second kappa shape index (κ2) is 11.7. The summed E-state index contributed by atoms with van der Waals surface area (Å²) in [5, 5.41) is 6.05. The lowest BCUT2D eigenvalue weighted by molar-refractivity contribution is 0.0161. The number of benzene rings is 2. The van der Waals surface area contributed by atoms with Gasteiger partial charge in [0.25, 0.3) is 5.91 Å². The van der Waals surface area contributed by atoms with Gasteiger partial charge in [-0.15, -0.1) is 0 Å². The molecular formula is C30H34BrClN4O2. The Balaban J connectivity index is 1.20. The van der Waals surface area contributed by atoms with Crippen molar-refractivity contribution in [1.82, 2.24) is 14.8 Å². The maximum atomic E-state index is 13.3. The van der Waals surface area contributed by atoms with Gasteiger partial charge in [0.2, 0.25) is 0 Å². The Labute approximate surface area is 238 Å². The van der Waals surface area contributed by atoms with E-state index in [-0.39, 0.29) is 11.4 Å². The SMILES string of the molecule is CCO/N=C(\c1ccc(Br)cc1)C1CCN(C2(C)CCN(C(=O)c3ccc4c(Cl)ccnc4c3)CC2)CC1. The number of pyridine rings is 1. The van der Waals surface area contributed by atoms with Gasteiger partial charge in [0.15, 0.2) is 0 Å². The van der Waals surface area contributed by atoms with Gasteiger partial charge in [0, 0.05) is 46.2 Å². The highest BCUT2D eigenvalue weighted by Crippen LogP contribution is 2.34. The average Bonchev–Trinajstić information content (AvgIpc) is 2.94. The van der Waals surface area contributed by atoms with Gasteiger partial charge >= 0.3 is 0 Å². The summed E-state index contributed by atoms with van der Waals surface area (Å²) >= 11 is 9.80. The van der Waals surface area contributed by atoms with Gasteiger partial charge < -0.3 is 9.74 Å². The number of rotatable bonds is 6. The summed E-state index contributed by atoms with van der Waals surface area (Å²) in [6, 6.07) is 15.7. The molecule has 200 valence electrons. The van der Waals surface area contributed by atoms with E-state index in [1.54, 1.807) is 12.3 Å². The van der Waals surface area contributed by atoms with E-state index >= 15 is 0 Å². The first-order chi connectivity index (χ1) is 18.4. The van der Waals surface area contributed by atoms with Crippen LogP contribution in [0.3, 0.4) is 0 Å². The summed E-state index contributed by atoms with van der Waals surface area (Å²) in [4.78, 5) is 27.8. The summed E-state index contributed by atoms with van der Waals surface area (Å²) in [7, 11) is 0. The number of carbonyl (C=O) groups is 1. The summed E-state index contributed by atoms with van der Waals surface area (Å²) in [5.74, 6) is 0.444. The quantitative estimate of drug-likeness (QED) is 0.232. The zero-order valence-corrected chi connectivity index (χ0v) is 24.3. The van der Waals surface area contributed by atoms with Crippen molar-refractivity contribution in [3.05, 3.63) is 75.4 Å². The smallest absolute Gasteiger partial charge is 0.253 e. The maximum absolute atomic E-state index is 13.3. The molecule has 0 atom stereocenters. The van der Waals surface area contributed by atoms with E-state index in [4.69, 9.17) is 16.4 Å². The molecule has 0 saturated carbocycles. The van der Waals surface area contributed by atoms with Crippen LogP contribution in [0.15, 0.2) is 64.4 Å². The van der Waals surface area contributed by atoms with Crippen LogP contribution in [0.1, 0.15) is 55.5 Å². The van der Waals surface area contributed by atoms with E-state index in [0.29, 0.717) is 23.1 Å². The minimum atomic E-state index is 0.0701. The molecule has 8 heteroatoms. The number of hydrogen-bond acceptors (Lipinski definition) is 5. The van der Waals surface area contributed by atoms with Crippen LogP contribution in [-0.2, 0) is 4.84 Å². The van der Waals surface area contributed by atoms with Crippen molar-refractivity contribution in [3.8, 4) is 0 Å². The molecule has 0 radical (unpaired) electrons. The molecule has 1 aromatic heterocycles. The fourth-order valence-corrected chi connectivity index (χ4v) is 6.23. The van der Waals surface area contributed by atoms with E-state index in [1.807, 2.05) is 30.0 Å². The lowest BCUT2D eigenvalue weighted by Gasteiger charge is -2.49. The van der Waals surface area contributed by atoms with E-state index in [2.05, 4.69) is 62.2 Å². The van der Waals surface area contributed by atoms with E-state index < -0.39 is 0 Å².